The Bertz CT molecular complexity index is 1090. The molecule has 5 heteroatoms. The third-order valence-electron chi connectivity index (χ3n) is 4.29. The van der Waals surface area contributed by atoms with Crippen molar-refractivity contribution in [1.82, 2.24) is 14.6 Å². The van der Waals surface area contributed by atoms with Crippen LogP contribution in [0.4, 0.5) is 4.39 Å². The molecule has 0 aliphatic rings. The third kappa shape index (κ3) is 3.35. The van der Waals surface area contributed by atoms with Crippen LogP contribution in [0.5, 0.6) is 0 Å². The van der Waals surface area contributed by atoms with Crippen LogP contribution in [-0.2, 0) is 5.75 Å². The lowest BCUT2D eigenvalue weighted by atomic mass is 10.0. The van der Waals surface area contributed by atoms with Gasteiger partial charge in [-0.05, 0) is 49.2 Å². The Kier molecular flexibility index (Phi) is 4.47. The van der Waals surface area contributed by atoms with E-state index < -0.39 is 0 Å². The summed E-state index contributed by atoms with van der Waals surface area (Å²) in [5.41, 5.74) is 6.38. The lowest BCUT2D eigenvalue weighted by molar-refractivity contribution is 0.626. The molecule has 0 N–H and O–H groups in total. The molecule has 4 rings (SSSR count). The predicted octanol–water partition coefficient (Wildman–Crippen LogP) is 5.44. The fourth-order valence-electron chi connectivity index (χ4n) is 2.93. The van der Waals surface area contributed by atoms with Gasteiger partial charge >= 0.3 is 0 Å². The summed E-state index contributed by atoms with van der Waals surface area (Å²) < 4.78 is 15.2. The maximum Gasteiger partial charge on any atom is 0.123 e. The first-order valence-electron chi connectivity index (χ1n) is 8.39. The molecule has 2 aromatic carbocycles. The summed E-state index contributed by atoms with van der Waals surface area (Å²) in [7, 11) is 0. The van der Waals surface area contributed by atoms with Crippen LogP contribution in [0, 0.1) is 19.7 Å². The smallest absolute Gasteiger partial charge is 0.123 e. The summed E-state index contributed by atoms with van der Waals surface area (Å²) in [6.45, 7) is 4.18. The first-order valence-corrected chi connectivity index (χ1v) is 9.38. The van der Waals surface area contributed by atoms with E-state index >= 15 is 0 Å². The van der Waals surface area contributed by atoms with Gasteiger partial charge in [-0.15, -0.1) is 0 Å². The number of fused-ring (bicyclic) bond motifs is 1. The molecule has 0 amide bonds. The summed E-state index contributed by atoms with van der Waals surface area (Å²) in [6.07, 6.45) is 3.61. The van der Waals surface area contributed by atoms with Crippen molar-refractivity contribution in [2.45, 2.75) is 24.6 Å². The molecule has 130 valence electrons. The van der Waals surface area contributed by atoms with E-state index in [-0.39, 0.29) is 5.82 Å². The van der Waals surface area contributed by atoms with Crippen molar-refractivity contribution >= 4 is 17.3 Å². The minimum Gasteiger partial charge on any atom is -0.246 e. The average molecular weight is 363 g/mol. The second-order valence-corrected chi connectivity index (χ2v) is 7.29. The molecule has 3 nitrogen and oxygen atoms in total. The molecule has 0 radical (unpaired) electrons. The normalized spacial score (nSPS) is 11.2. The average Bonchev–Trinajstić information content (AvgIpc) is 3.06. The van der Waals surface area contributed by atoms with Gasteiger partial charge in [-0.2, -0.15) is 5.10 Å². The zero-order chi connectivity index (χ0) is 18.1. The maximum absolute atomic E-state index is 13.4. The molecule has 0 spiro atoms. The largest absolute Gasteiger partial charge is 0.246 e. The van der Waals surface area contributed by atoms with E-state index in [1.54, 1.807) is 30.1 Å². The van der Waals surface area contributed by atoms with Gasteiger partial charge in [0.2, 0.25) is 0 Å². The van der Waals surface area contributed by atoms with Gasteiger partial charge in [-0.3, -0.25) is 0 Å². The summed E-state index contributed by atoms with van der Waals surface area (Å²) in [5, 5.41) is 5.61. The number of hydrogen-bond acceptors (Lipinski definition) is 3. The van der Waals surface area contributed by atoms with Gasteiger partial charge in [0, 0.05) is 23.7 Å². The van der Waals surface area contributed by atoms with E-state index in [9.17, 15) is 4.39 Å². The van der Waals surface area contributed by atoms with E-state index in [2.05, 4.69) is 43.1 Å². The van der Waals surface area contributed by atoms with E-state index in [1.807, 2.05) is 16.8 Å². The number of rotatable bonds is 4. The highest BCUT2D eigenvalue weighted by Gasteiger charge is 2.11. The van der Waals surface area contributed by atoms with Crippen molar-refractivity contribution in [3.05, 3.63) is 83.4 Å². The monoisotopic (exact) mass is 363 g/mol. The van der Waals surface area contributed by atoms with Crippen LogP contribution in [0.1, 0.15) is 16.7 Å². The van der Waals surface area contributed by atoms with Crippen LogP contribution in [0.2, 0.25) is 0 Å². The number of halogens is 1. The second-order valence-electron chi connectivity index (χ2n) is 6.33. The van der Waals surface area contributed by atoms with Crippen LogP contribution in [0.15, 0.2) is 66.0 Å². The van der Waals surface area contributed by atoms with Crippen molar-refractivity contribution in [1.29, 1.82) is 0 Å². The van der Waals surface area contributed by atoms with Gasteiger partial charge in [-0.1, -0.05) is 41.6 Å². The zero-order valence-corrected chi connectivity index (χ0v) is 15.4. The van der Waals surface area contributed by atoms with E-state index in [0.29, 0.717) is 5.75 Å². The quantitative estimate of drug-likeness (QED) is 0.452. The fourth-order valence-corrected chi connectivity index (χ4v) is 3.85. The minimum atomic E-state index is -0.212. The van der Waals surface area contributed by atoms with Crippen LogP contribution < -0.4 is 0 Å². The minimum absolute atomic E-state index is 0.212. The maximum atomic E-state index is 13.4. The molecule has 0 bridgehead atoms. The number of hydrogen-bond donors (Lipinski definition) is 0. The van der Waals surface area contributed by atoms with Crippen molar-refractivity contribution < 1.29 is 4.39 Å². The van der Waals surface area contributed by atoms with Gasteiger partial charge in [-0.25, -0.2) is 13.9 Å². The molecule has 2 heterocycles. The molecule has 0 aliphatic carbocycles. The van der Waals surface area contributed by atoms with Gasteiger partial charge in [0.15, 0.2) is 0 Å². The molecule has 2 aromatic heterocycles. The summed E-state index contributed by atoms with van der Waals surface area (Å²) in [6, 6.07) is 15.1. The van der Waals surface area contributed by atoms with Gasteiger partial charge in [0.05, 0.1) is 11.2 Å². The van der Waals surface area contributed by atoms with Crippen molar-refractivity contribution in [2.75, 3.05) is 0 Å². The number of aromatic nitrogens is 3. The SMILES string of the molecule is Cc1ccc(C)c(-c2cc3c(SCc4cccc(F)c4)nccn3n2)c1. The summed E-state index contributed by atoms with van der Waals surface area (Å²) in [4.78, 5) is 4.50. The van der Waals surface area contributed by atoms with Crippen LogP contribution in [-0.4, -0.2) is 14.6 Å². The van der Waals surface area contributed by atoms with E-state index in [1.165, 1.54) is 17.2 Å². The Hall–Kier alpha value is -2.66. The molecule has 0 saturated heterocycles. The Morgan fingerprint density at radius 2 is 1.96 bits per heavy atom. The van der Waals surface area contributed by atoms with Gasteiger partial charge < -0.3 is 0 Å². The standard InChI is InChI=1S/C21H18FN3S/c1-14-6-7-15(2)18(10-14)19-12-20-21(23-8-9-25(20)24-19)26-13-16-4-3-5-17(22)11-16/h3-12H,13H2,1-2H3. The van der Waals surface area contributed by atoms with Crippen LogP contribution >= 0.6 is 11.8 Å². The molecule has 4 aromatic rings. The summed E-state index contributed by atoms with van der Waals surface area (Å²) in [5.74, 6) is 0.449. The lowest BCUT2D eigenvalue weighted by Gasteiger charge is -2.03. The highest BCUT2D eigenvalue weighted by Crippen LogP contribution is 2.29. The second kappa shape index (κ2) is 6.92. The lowest BCUT2D eigenvalue weighted by Crippen LogP contribution is -1.92. The molecule has 0 saturated carbocycles. The number of aryl methyl sites for hydroxylation is 2. The van der Waals surface area contributed by atoms with E-state index in [0.717, 1.165) is 27.4 Å². The Labute approximate surface area is 155 Å². The highest BCUT2D eigenvalue weighted by atomic mass is 32.2. The first kappa shape index (κ1) is 16.8. The Balaban J connectivity index is 1.68. The topological polar surface area (TPSA) is 30.2 Å². The van der Waals surface area contributed by atoms with Crippen molar-refractivity contribution in [3.63, 3.8) is 0 Å². The van der Waals surface area contributed by atoms with E-state index in [4.69, 9.17) is 5.10 Å². The highest BCUT2D eigenvalue weighted by molar-refractivity contribution is 7.98. The fraction of sp³-hybridized carbons (Fsp3) is 0.143. The molecular weight excluding hydrogens is 345 g/mol. The molecule has 26 heavy (non-hydrogen) atoms. The van der Waals surface area contributed by atoms with Crippen LogP contribution in [0.25, 0.3) is 16.8 Å². The molecule has 0 fully saturated rings. The number of benzene rings is 2. The Morgan fingerprint density at radius 1 is 1.08 bits per heavy atom. The van der Waals surface area contributed by atoms with Crippen LogP contribution in [0.3, 0.4) is 0 Å². The number of nitrogens with zero attached hydrogens (tertiary/aromatic N) is 3. The van der Waals surface area contributed by atoms with Crippen molar-refractivity contribution in [3.8, 4) is 11.3 Å². The summed E-state index contributed by atoms with van der Waals surface area (Å²) >= 11 is 1.59. The molecule has 0 aliphatic heterocycles. The third-order valence-corrected chi connectivity index (χ3v) is 5.35. The molecule has 0 unspecified atom stereocenters. The molecule has 0 atom stereocenters. The van der Waals surface area contributed by atoms with Gasteiger partial charge in [0.25, 0.3) is 0 Å². The predicted molar refractivity (Wildman–Crippen MR) is 104 cm³/mol. The molecular formula is C21H18FN3S. The zero-order valence-electron chi connectivity index (χ0n) is 14.6. The Morgan fingerprint density at radius 3 is 2.81 bits per heavy atom. The number of thioether (sulfide) groups is 1. The van der Waals surface area contributed by atoms with Gasteiger partial charge in [0.1, 0.15) is 10.8 Å². The van der Waals surface area contributed by atoms with Crippen molar-refractivity contribution in [2.24, 2.45) is 0 Å². The first-order chi connectivity index (χ1) is 12.6.